The summed E-state index contributed by atoms with van der Waals surface area (Å²) in [4.78, 5) is 33.2. The van der Waals surface area contributed by atoms with Crippen molar-refractivity contribution in [2.75, 3.05) is 6.54 Å². The third kappa shape index (κ3) is 5.07. The molecular weight excluding hydrogens is 296 g/mol. The number of hydrogen-bond donors (Lipinski definition) is 2. The lowest BCUT2D eigenvalue weighted by Gasteiger charge is -2.10. The van der Waals surface area contributed by atoms with Gasteiger partial charge in [-0.3, -0.25) is 19.7 Å². The molecule has 1 amide bonds. The Bertz CT molecular complexity index is 561. The summed E-state index contributed by atoms with van der Waals surface area (Å²) in [6.45, 7) is 3.89. The lowest BCUT2D eigenvalue weighted by Crippen LogP contribution is -2.22. The molecule has 0 radical (unpaired) electrons. The number of carboxylic acids is 1. The Labute approximate surface area is 125 Å². The van der Waals surface area contributed by atoms with E-state index in [9.17, 15) is 19.7 Å². The van der Waals surface area contributed by atoms with Gasteiger partial charge in [-0.2, -0.15) is 0 Å². The molecule has 7 nitrogen and oxygen atoms in total. The Hall–Kier alpha value is -2.09. The van der Waals surface area contributed by atoms with E-state index in [2.05, 4.69) is 5.32 Å². The molecule has 1 unspecified atom stereocenters. The first-order chi connectivity index (χ1) is 9.85. The third-order valence-corrected chi connectivity index (χ3v) is 3.70. The Morgan fingerprint density at radius 1 is 1.48 bits per heavy atom. The Kier molecular flexibility index (Phi) is 6.16. The van der Waals surface area contributed by atoms with Crippen LogP contribution in [0.15, 0.2) is 23.1 Å². The van der Waals surface area contributed by atoms with E-state index < -0.39 is 10.9 Å². The van der Waals surface area contributed by atoms with Gasteiger partial charge in [0.05, 0.1) is 16.2 Å². The molecule has 0 bridgehead atoms. The van der Waals surface area contributed by atoms with Crippen molar-refractivity contribution in [3.05, 3.63) is 33.9 Å². The maximum atomic E-state index is 11.8. The number of benzene rings is 1. The van der Waals surface area contributed by atoms with Crippen molar-refractivity contribution < 1.29 is 19.6 Å². The van der Waals surface area contributed by atoms with E-state index in [4.69, 9.17) is 5.11 Å². The van der Waals surface area contributed by atoms with Crippen LogP contribution in [0.4, 0.5) is 5.69 Å². The number of carbonyl (C=O) groups excluding carboxylic acids is 1. The van der Waals surface area contributed by atoms with Gasteiger partial charge in [0, 0.05) is 23.4 Å². The fourth-order valence-corrected chi connectivity index (χ4v) is 2.79. The van der Waals surface area contributed by atoms with Crippen molar-refractivity contribution in [3.8, 4) is 0 Å². The van der Waals surface area contributed by atoms with Gasteiger partial charge in [0.15, 0.2) is 0 Å². The first-order valence-electron chi connectivity index (χ1n) is 6.30. The van der Waals surface area contributed by atoms with Gasteiger partial charge in [-0.25, -0.2) is 0 Å². The van der Waals surface area contributed by atoms with Crippen LogP contribution in [0.3, 0.4) is 0 Å². The van der Waals surface area contributed by atoms with E-state index in [1.165, 1.54) is 18.2 Å². The predicted molar refractivity (Wildman–Crippen MR) is 78.7 cm³/mol. The van der Waals surface area contributed by atoms with Crippen LogP contribution in [-0.4, -0.2) is 33.7 Å². The van der Waals surface area contributed by atoms with Crippen molar-refractivity contribution in [1.82, 2.24) is 5.32 Å². The molecule has 1 atom stereocenters. The van der Waals surface area contributed by atoms with E-state index in [0.29, 0.717) is 12.1 Å². The summed E-state index contributed by atoms with van der Waals surface area (Å²) in [5, 5.41) is 22.0. The quantitative estimate of drug-likeness (QED) is 0.454. The summed E-state index contributed by atoms with van der Waals surface area (Å²) in [7, 11) is 0. The van der Waals surface area contributed by atoms with Crippen LogP contribution in [-0.2, 0) is 4.79 Å². The summed E-state index contributed by atoms with van der Waals surface area (Å²) >= 11 is 1.07. The van der Waals surface area contributed by atoms with E-state index in [1.807, 2.05) is 0 Å². The standard InChI is InChI=1S/C13H16N2O5S/c1-3-14-13(18)9-4-5-10(15(19)20)11(7-9)21-8(2)6-12(16)17/h4-5,7-8H,3,6H2,1-2H3,(H,14,18)(H,16,17). The molecule has 0 aliphatic carbocycles. The van der Waals surface area contributed by atoms with Gasteiger partial charge in [0.1, 0.15) is 0 Å². The molecular formula is C13H16N2O5S. The SMILES string of the molecule is CCNC(=O)c1ccc([N+](=O)[O-])c(SC(C)CC(=O)O)c1. The van der Waals surface area contributed by atoms with Crippen LogP contribution >= 0.6 is 11.8 Å². The van der Waals surface area contributed by atoms with Gasteiger partial charge < -0.3 is 10.4 Å². The van der Waals surface area contributed by atoms with Gasteiger partial charge in [0.25, 0.3) is 11.6 Å². The van der Waals surface area contributed by atoms with Gasteiger partial charge in [-0.05, 0) is 19.1 Å². The number of hydrogen-bond acceptors (Lipinski definition) is 5. The van der Waals surface area contributed by atoms with E-state index >= 15 is 0 Å². The largest absolute Gasteiger partial charge is 0.481 e. The Morgan fingerprint density at radius 2 is 2.14 bits per heavy atom. The van der Waals surface area contributed by atoms with Crippen molar-refractivity contribution in [2.24, 2.45) is 0 Å². The molecule has 0 saturated heterocycles. The second kappa shape index (κ2) is 7.63. The maximum absolute atomic E-state index is 11.8. The molecule has 0 aromatic heterocycles. The minimum Gasteiger partial charge on any atom is -0.481 e. The van der Waals surface area contributed by atoms with Crippen LogP contribution in [0.2, 0.25) is 0 Å². The zero-order valence-electron chi connectivity index (χ0n) is 11.7. The van der Waals surface area contributed by atoms with Crippen LogP contribution in [0.25, 0.3) is 0 Å². The molecule has 21 heavy (non-hydrogen) atoms. The van der Waals surface area contributed by atoms with E-state index in [1.54, 1.807) is 13.8 Å². The highest BCUT2D eigenvalue weighted by Crippen LogP contribution is 2.34. The molecule has 1 aromatic carbocycles. The second-order valence-corrected chi connectivity index (χ2v) is 5.81. The zero-order valence-corrected chi connectivity index (χ0v) is 12.5. The number of nitrogens with zero attached hydrogens (tertiary/aromatic N) is 1. The van der Waals surface area contributed by atoms with E-state index in [-0.39, 0.29) is 28.2 Å². The number of nitro benzene ring substituents is 1. The molecule has 0 heterocycles. The smallest absolute Gasteiger partial charge is 0.304 e. The highest BCUT2D eigenvalue weighted by molar-refractivity contribution is 8.00. The predicted octanol–water partition coefficient (Wildman–Crippen LogP) is 2.30. The van der Waals surface area contributed by atoms with Crippen LogP contribution in [0.5, 0.6) is 0 Å². The van der Waals surface area contributed by atoms with E-state index in [0.717, 1.165) is 11.8 Å². The van der Waals surface area contributed by atoms with Gasteiger partial charge in [-0.15, -0.1) is 11.8 Å². The Balaban J connectivity index is 3.06. The number of rotatable bonds is 7. The monoisotopic (exact) mass is 312 g/mol. The van der Waals surface area contributed by atoms with Crippen LogP contribution in [0.1, 0.15) is 30.6 Å². The lowest BCUT2D eigenvalue weighted by atomic mass is 10.2. The topological polar surface area (TPSA) is 110 Å². The average molecular weight is 312 g/mol. The third-order valence-electron chi connectivity index (χ3n) is 2.55. The van der Waals surface area contributed by atoms with Gasteiger partial charge in [0.2, 0.25) is 0 Å². The van der Waals surface area contributed by atoms with Crippen molar-refractivity contribution >= 4 is 29.3 Å². The number of amides is 1. The summed E-state index contributed by atoms with van der Waals surface area (Å²) in [5.41, 5.74) is 0.178. The zero-order chi connectivity index (χ0) is 16.0. The van der Waals surface area contributed by atoms with Crippen LogP contribution in [0, 0.1) is 10.1 Å². The highest BCUT2D eigenvalue weighted by Gasteiger charge is 2.20. The summed E-state index contributed by atoms with van der Waals surface area (Å²) in [6.07, 6.45) is -0.118. The minimum absolute atomic E-state index is 0.118. The summed E-state index contributed by atoms with van der Waals surface area (Å²) in [6, 6.07) is 4.07. The number of nitrogens with one attached hydrogen (secondary N) is 1. The second-order valence-electron chi connectivity index (χ2n) is 4.33. The Morgan fingerprint density at radius 3 is 2.67 bits per heavy atom. The molecule has 0 aliphatic rings. The molecule has 0 spiro atoms. The average Bonchev–Trinajstić information content (AvgIpc) is 2.37. The fraction of sp³-hybridized carbons (Fsp3) is 0.385. The molecule has 1 aromatic rings. The number of aliphatic carboxylic acids is 1. The minimum atomic E-state index is -0.975. The number of carboxylic acid groups (broad SMARTS) is 1. The number of thioether (sulfide) groups is 1. The van der Waals surface area contributed by atoms with Gasteiger partial charge in [-0.1, -0.05) is 6.92 Å². The highest BCUT2D eigenvalue weighted by atomic mass is 32.2. The number of carbonyl (C=O) groups is 2. The first-order valence-corrected chi connectivity index (χ1v) is 7.18. The van der Waals surface area contributed by atoms with Crippen molar-refractivity contribution in [1.29, 1.82) is 0 Å². The number of nitro groups is 1. The molecule has 0 saturated carbocycles. The molecule has 114 valence electrons. The molecule has 8 heteroatoms. The molecule has 0 fully saturated rings. The van der Waals surface area contributed by atoms with Crippen molar-refractivity contribution in [2.45, 2.75) is 30.4 Å². The maximum Gasteiger partial charge on any atom is 0.304 e. The van der Waals surface area contributed by atoms with Crippen molar-refractivity contribution in [3.63, 3.8) is 0 Å². The fourth-order valence-electron chi connectivity index (χ4n) is 1.67. The molecule has 1 rings (SSSR count). The summed E-state index contributed by atoms with van der Waals surface area (Å²) < 4.78 is 0. The van der Waals surface area contributed by atoms with Crippen LogP contribution < -0.4 is 5.32 Å². The normalized spacial score (nSPS) is 11.7. The molecule has 0 aliphatic heterocycles. The first kappa shape index (κ1) is 17.0. The van der Waals surface area contributed by atoms with Gasteiger partial charge >= 0.3 is 5.97 Å². The lowest BCUT2D eigenvalue weighted by molar-refractivity contribution is -0.387. The summed E-state index contributed by atoms with van der Waals surface area (Å²) in [5.74, 6) is -1.29. The molecule has 2 N–H and O–H groups in total.